The molecular formula is C8H11NO2. The van der Waals surface area contributed by atoms with Crippen LogP contribution in [0, 0.1) is 18.3 Å². The highest BCUT2D eigenvalue weighted by molar-refractivity contribution is 5.97. The molecule has 60 valence electrons. The molecule has 1 aliphatic rings. The lowest BCUT2D eigenvalue weighted by Gasteiger charge is -2.11. The van der Waals surface area contributed by atoms with Crippen molar-refractivity contribution in [3.8, 4) is 12.3 Å². The fraction of sp³-hybridized carbons (Fsp3) is 0.625. The van der Waals surface area contributed by atoms with E-state index in [0.29, 0.717) is 13.1 Å². The third kappa shape index (κ3) is 1.59. The van der Waals surface area contributed by atoms with Crippen molar-refractivity contribution in [2.45, 2.75) is 6.10 Å². The molecule has 1 saturated heterocycles. The molecule has 0 bridgehead atoms. The summed E-state index contributed by atoms with van der Waals surface area (Å²) in [6.07, 6.45) is 4.94. The van der Waals surface area contributed by atoms with Gasteiger partial charge in [-0.25, -0.2) is 0 Å². The van der Waals surface area contributed by atoms with Gasteiger partial charge in [0.2, 0.25) is 5.78 Å². The Labute approximate surface area is 66.1 Å². The number of hydrogen-bond acceptors (Lipinski definition) is 3. The third-order valence-corrected chi connectivity index (χ3v) is 1.94. The van der Waals surface area contributed by atoms with Crippen molar-refractivity contribution in [1.82, 2.24) is 5.32 Å². The Morgan fingerprint density at radius 3 is 3.00 bits per heavy atom. The molecule has 0 aromatic carbocycles. The molecule has 0 saturated carbocycles. The molecule has 0 radical (unpaired) electrons. The molecule has 1 aliphatic heterocycles. The predicted octanol–water partition coefficient (Wildman–Crippen LogP) is -0.577. The molecule has 2 unspecified atom stereocenters. The molecule has 0 aliphatic carbocycles. The highest BCUT2D eigenvalue weighted by Crippen LogP contribution is 2.12. The van der Waals surface area contributed by atoms with E-state index in [1.54, 1.807) is 7.11 Å². The lowest BCUT2D eigenvalue weighted by molar-refractivity contribution is -0.119. The minimum absolute atomic E-state index is 0.0430. The van der Waals surface area contributed by atoms with Crippen molar-refractivity contribution in [1.29, 1.82) is 0 Å². The van der Waals surface area contributed by atoms with Crippen molar-refractivity contribution in [2.24, 2.45) is 5.92 Å². The van der Waals surface area contributed by atoms with Crippen LogP contribution in [0.4, 0.5) is 0 Å². The maximum atomic E-state index is 11.0. The second kappa shape index (κ2) is 3.51. The number of terminal acetylenes is 1. The van der Waals surface area contributed by atoms with E-state index in [-0.39, 0.29) is 17.8 Å². The van der Waals surface area contributed by atoms with Gasteiger partial charge < -0.3 is 10.1 Å². The normalized spacial score (nSPS) is 29.8. The number of nitrogens with one attached hydrogen (secondary N) is 1. The number of carbonyl (C=O) groups excluding carboxylic acids is 1. The summed E-state index contributed by atoms with van der Waals surface area (Å²) in [5.74, 6) is 1.80. The molecule has 0 amide bonds. The first-order valence-electron chi connectivity index (χ1n) is 3.53. The highest BCUT2D eigenvalue weighted by atomic mass is 16.5. The number of methoxy groups -OCH3 is 1. The zero-order chi connectivity index (χ0) is 8.27. The van der Waals surface area contributed by atoms with Gasteiger partial charge in [-0.1, -0.05) is 0 Å². The second-order valence-corrected chi connectivity index (χ2v) is 2.55. The molecule has 0 aromatic rings. The lowest BCUT2D eigenvalue weighted by atomic mass is 10.0. The zero-order valence-corrected chi connectivity index (χ0v) is 6.46. The number of carbonyl (C=O) groups is 1. The monoisotopic (exact) mass is 153 g/mol. The van der Waals surface area contributed by atoms with Crippen LogP contribution in [-0.2, 0) is 9.53 Å². The molecule has 0 aromatic heterocycles. The van der Waals surface area contributed by atoms with Gasteiger partial charge >= 0.3 is 0 Å². The van der Waals surface area contributed by atoms with Gasteiger partial charge in [0.1, 0.15) is 0 Å². The molecule has 0 spiro atoms. The molecule has 1 rings (SSSR count). The molecular weight excluding hydrogens is 142 g/mol. The van der Waals surface area contributed by atoms with Gasteiger partial charge in [-0.2, -0.15) is 0 Å². The number of ketones is 1. The van der Waals surface area contributed by atoms with E-state index < -0.39 is 0 Å². The number of Topliss-reactive ketones (excluding diaryl/α,β-unsaturated/α-hetero) is 1. The predicted molar refractivity (Wildman–Crippen MR) is 41.0 cm³/mol. The molecule has 1 N–H and O–H groups in total. The van der Waals surface area contributed by atoms with Crippen molar-refractivity contribution in [3.63, 3.8) is 0 Å². The van der Waals surface area contributed by atoms with Crippen LogP contribution in [-0.4, -0.2) is 32.1 Å². The second-order valence-electron chi connectivity index (χ2n) is 2.55. The van der Waals surface area contributed by atoms with Gasteiger partial charge in [-0.15, -0.1) is 6.42 Å². The number of rotatable bonds is 2. The van der Waals surface area contributed by atoms with Crippen LogP contribution in [0.3, 0.4) is 0 Å². The first-order valence-corrected chi connectivity index (χ1v) is 3.53. The molecule has 1 heterocycles. The topological polar surface area (TPSA) is 38.3 Å². The van der Waals surface area contributed by atoms with Crippen LogP contribution in [0.25, 0.3) is 0 Å². The average Bonchev–Trinajstić information content (AvgIpc) is 2.50. The molecule has 3 heteroatoms. The fourth-order valence-electron chi connectivity index (χ4n) is 1.27. The van der Waals surface area contributed by atoms with Gasteiger partial charge in [-0.05, 0) is 5.92 Å². The van der Waals surface area contributed by atoms with Crippen molar-refractivity contribution < 1.29 is 9.53 Å². The first kappa shape index (κ1) is 8.25. The Morgan fingerprint density at radius 2 is 2.45 bits per heavy atom. The summed E-state index contributed by atoms with van der Waals surface area (Å²) in [7, 11) is 1.59. The maximum Gasteiger partial charge on any atom is 0.212 e. The zero-order valence-electron chi connectivity index (χ0n) is 6.46. The van der Waals surface area contributed by atoms with Crippen LogP contribution >= 0.6 is 0 Å². The first-order chi connectivity index (χ1) is 5.29. The van der Waals surface area contributed by atoms with Crippen LogP contribution in [0.15, 0.2) is 0 Å². The van der Waals surface area contributed by atoms with E-state index in [2.05, 4.69) is 11.2 Å². The van der Waals surface area contributed by atoms with E-state index in [4.69, 9.17) is 11.2 Å². The van der Waals surface area contributed by atoms with E-state index in [1.807, 2.05) is 0 Å². The Bertz CT molecular complexity index is 195. The summed E-state index contributed by atoms with van der Waals surface area (Å²) in [5.41, 5.74) is 0. The SMILES string of the molecule is C#CC(=O)C1CNCC1OC. The molecule has 11 heavy (non-hydrogen) atoms. The molecule has 3 nitrogen and oxygen atoms in total. The summed E-state index contributed by atoms with van der Waals surface area (Å²) in [6.45, 7) is 1.36. The summed E-state index contributed by atoms with van der Waals surface area (Å²) in [4.78, 5) is 11.0. The lowest BCUT2D eigenvalue weighted by Crippen LogP contribution is -2.27. The maximum absolute atomic E-state index is 11.0. The van der Waals surface area contributed by atoms with Crippen LogP contribution in [0.5, 0.6) is 0 Å². The van der Waals surface area contributed by atoms with Crippen molar-refractivity contribution in [2.75, 3.05) is 20.2 Å². The Balaban J connectivity index is 2.58. The summed E-state index contributed by atoms with van der Waals surface area (Å²) >= 11 is 0. The van der Waals surface area contributed by atoms with E-state index in [9.17, 15) is 4.79 Å². The Kier molecular flexibility index (Phi) is 2.64. The fourth-order valence-corrected chi connectivity index (χ4v) is 1.27. The third-order valence-electron chi connectivity index (χ3n) is 1.94. The van der Waals surface area contributed by atoms with Gasteiger partial charge in [0.25, 0.3) is 0 Å². The Hall–Kier alpha value is -0.850. The van der Waals surface area contributed by atoms with Crippen LogP contribution < -0.4 is 5.32 Å². The molecule has 1 fully saturated rings. The van der Waals surface area contributed by atoms with Crippen molar-refractivity contribution in [3.05, 3.63) is 0 Å². The minimum atomic E-state index is -0.165. The summed E-state index contributed by atoms with van der Waals surface area (Å²) in [5, 5.41) is 3.05. The summed E-state index contributed by atoms with van der Waals surface area (Å²) < 4.78 is 5.07. The van der Waals surface area contributed by atoms with E-state index in [1.165, 1.54) is 0 Å². The van der Waals surface area contributed by atoms with Gasteiger partial charge in [0, 0.05) is 20.2 Å². The van der Waals surface area contributed by atoms with Crippen LogP contribution in [0.2, 0.25) is 0 Å². The largest absolute Gasteiger partial charge is 0.379 e. The van der Waals surface area contributed by atoms with E-state index in [0.717, 1.165) is 0 Å². The van der Waals surface area contributed by atoms with Crippen LogP contribution in [0.1, 0.15) is 0 Å². The highest BCUT2D eigenvalue weighted by Gasteiger charge is 2.31. The molecule has 2 atom stereocenters. The van der Waals surface area contributed by atoms with E-state index >= 15 is 0 Å². The number of ether oxygens (including phenoxy) is 1. The van der Waals surface area contributed by atoms with Gasteiger partial charge in [0.05, 0.1) is 12.0 Å². The van der Waals surface area contributed by atoms with Gasteiger partial charge in [0.15, 0.2) is 0 Å². The minimum Gasteiger partial charge on any atom is -0.379 e. The standard InChI is InChI=1S/C8H11NO2/c1-3-7(10)6-4-9-5-8(6)11-2/h1,6,8-9H,4-5H2,2H3. The quantitative estimate of drug-likeness (QED) is 0.426. The smallest absolute Gasteiger partial charge is 0.212 e. The average molecular weight is 153 g/mol. The number of hydrogen-bond donors (Lipinski definition) is 1. The Morgan fingerprint density at radius 1 is 1.73 bits per heavy atom. The summed E-state index contributed by atoms with van der Waals surface area (Å²) in [6, 6.07) is 0. The van der Waals surface area contributed by atoms with Gasteiger partial charge in [-0.3, -0.25) is 4.79 Å². The van der Waals surface area contributed by atoms with Crippen molar-refractivity contribution >= 4 is 5.78 Å².